The summed E-state index contributed by atoms with van der Waals surface area (Å²) in [6, 6.07) is 7.65. The quantitative estimate of drug-likeness (QED) is 0.794. The number of hydrogen-bond acceptors (Lipinski definition) is 3. The van der Waals surface area contributed by atoms with Crippen LogP contribution < -0.4 is 10.9 Å². The fourth-order valence-corrected chi connectivity index (χ4v) is 3.08. The van der Waals surface area contributed by atoms with Gasteiger partial charge >= 0.3 is 0 Å². The summed E-state index contributed by atoms with van der Waals surface area (Å²) in [6.07, 6.45) is 11.6. The molecule has 4 nitrogen and oxygen atoms in total. The van der Waals surface area contributed by atoms with E-state index in [0.717, 1.165) is 23.1 Å². The number of halogens is 1. The summed E-state index contributed by atoms with van der Waals surface area (Å²) in [6.45, 7) is 0.748. The molecule has 1 heterocycles. The molecule has 2 aromatic rings. The van der Waals surface area contributed by atoms with Crippen molar-refractivity contribution in [1.29, 1.82) is 0 Å². The summed E-state index contributed by atoms with van der Waals surface area (Å²) in [5.74, 6) is 0.409. The minimum absolute atomic E-state index is 0.118. The smallest absolute Gasteiger partial charge is 0.297 e. The summed E-state index contributed by atoms with van der Waals surface area (Å²) >= 11 is 3.41. The zero-order chi connectivity index (χ0) is 16.1. The molecule has 0 aliphatic heterocycles. The second-order valence-electron chi connectivity index (χ2n) is 5.71. The third-order valence-corrected chi connectivity index (χ3v) is 4.60. The van der Waals surface area contributed by atoms with Gasteiger partial charge in [-0.1, -0.05) is 27.6 Å². The predicted octanol–water partition coefficient (Wildman–Crippen LogP) is 4.30. The number of benzene rings is 1. The Morgan fingerprint density at radius 3 is 2.78 bits per heavy atom. The molecule has 0 amide bonds. The van der Waals surface area contributed by atoms with Crippen LogP contribution in [-0.2, 0) is 0 Å². The summed E-state index contributed by atoms with van der Waals surface area (Å²) < 4.78 is 2.60. The Kier molecular flexibility index (Phi) is 5.28. The fourth-order valence-electron chi connectivity index (χ4n) is 2.81. The summed E-state index contributed by atoms with van der Waals surface area (Å²) in [5, 5.41) is 3.19. The molecular formula is C18H20BrN3O. The Balaban J connectivity index is 1.71. The van der Waals surface area contributed by atoms with Crippen LogP contribution in [0.4, 0.5) is 5.82 Å². The Labute approximate surface area is 144 Å². The third-order valence-electron chi connectivity index (χ3n) is 4.07. The van der Waals surface area contributed by atoms with Gasteiger partial charge in [0.15, 0.2) is 5.82 Å². The van der Waals surface area contributed by atoms with Gasteiger partial charge in [0.05, 0.1) is 0 Å². The molecule has 0 spiro atoms. The standard InChI is InChI=1S/C18H20BrN3O/c19-15-6-8-16(9-7-15)22-13-12-21-17(18(22)23)20-11-10-14-4-2-1-3-5-14/h4,6-9,12-13H,1-3,5,10-11H2,(H,20,21). The zero-order valence-corrected chi connectivity index (χ0v) is 14.6. The molecule has 1 aliphatic carbocycles. The van der Waals surface area contributed by atoms with Crippen LogP contribution >= 0.6 is 15.9 Å². The molecule has 1 aliphatic rings. The Hall–Kier alpha value is -1.88. The van der Waals surface area contributed by atoms with E-state index in [0.29, 0.717) is 5.82 Å². The van der Waals surface area contributed by atoms with E-state index in [4.69, 9.17) is 0 Å². The van der Waals surface area contributed by atoms with Crippen LogP contribution in [0.25, 0.3) is 5.69 Å². The first-order chi connectivity index (χ1) is 11.2. The van der Waals surface area contributed by atoms with E-state index in [-0.39, 0.29) is 5.56 Å². The van der Waals surface area contributed by atoms with Crippen LogP contribution in [0.2, 0.25) is 0 Å². The van der Waals surface area contributed by atoms with Crippen LogP contribution in [0.5, 0.6) is 0 Å². The molecule has 0 fully saturated rings. The van der Waals surface area contributed by atoms with Crippen molar-refractivity contribution in [3.63, 3.8) is 0 Å². The van der Waals surface area contributed by atoms with Crippen molar-refractivity contribution >= 4 is 21.7 Å². The monoisotopic (exact) mass is 373 g/mol. The summed E-state index contributed by atoms with van der Waals surface area (Å²) in [4.78, 5) is 16.7. The van der Waals surface area contributed by atoms with Crippen LogP contribution in [0.1, 0.15) is 32.1 Å². The normalized spacial score (nSPS) is 14.4. The lowest BCUT2D eigenvalue weighted by molar-refractivity contribution is 0.679. The van der Waals surface area contributed by atoms with Crippen molar-refractivity contribution in [2.45, 2.75) is 32.1 Å². The molecular weight excluding hydrogens is 354 g/mol. The highest BCUT2D eigenvalue weighted by Gasteiger charge is 2.07. The Morgan fingerprint density at radius 1 is 1.22 bits per heavy atom. The van der Waals surface area contributed by atoms with Crippen LogP contribution in [0.3, 0.4) is 0 Å². The van der Waals surface area contributed by atoms with E-state index in [1.807, 2.05) is 24.3 Å². The maximum absolute atomic E-state index is 12.5. The molecule has 1 aromatic heterocycles. The number of anilines is 1. The van der Waals surface area contributed by atoms with Crippen molar-refractivity contribution < 1.29 is 0 Å². The second kappa shape index (κ2) is 7.59. The van der Waals surface area contributed by atoms with Crippen molar-refractivity contribution in [1.82, 2.24) is 9.55 Å². The minimum Gasteiger partial charge on any atom is -0.365 e. The third kappa shape index (κ3) is 4.10. The highest BCUT2D eigenvalue weighted by molar-refractivity contribution is 9.10. The number of nitrogens with one attached hydrogen (secondary N) is 1. The molecule has 3 rings (SSSR count). The average molecular weight is 374 g/mol. The van der Waals surface area contributed by atoms with Gasteiger partial charge in [-0.05, 0) is 56.4 Å². The Bertz CT molecular complexity index is 750. The van der Waals surface area contributed by atoms with Crippen molar-refractivity contribution in [2.75, 3.05) is 11.9 Å². The molecule has 0 saturated heterocycles. The lowest BCUT2D eigenvalue weighted by Crippen LogP contribution is -2.23. The van der Waals surface area contributed by atoms with Crippen LogP contribution in [-0.4, -0.2) is 16.1 Å². The first kappa shape index (κ1) is 16.0. The lowest BCUT2D eigenvalue weighted by Gasteiger charge is -2.13. The molecule has 0 saturated carbocycles. The predicted molar refractivity (Wildman–Crippen MR) is 97.2 cm³/mol. The minimum atomic E-state index is -0.118. The van der Waals surface area contributed by atoms with Gasteiger partial charge < -0.3 is 5.32 Å². The maximum atomic E-state index is 12.5. The van der Waals surface area contributed by atoms with Gasteiger partial charge in [0.1, 0.15) is 0 Å². The fraction of sp³-hybridized carbons (Fsp3) is 0.333. The molecule has 120 valence electrons. The largest absolute Gasteiger partial charge is 0.365 e. The molecule has 0 unspecified atom stereocenters. The number of hydrogen-bond donors (Lipinski definition) is 1. The molecule has 0 bridgehead atoms. The molecule has 23 heavy (non-hydrogen) atoms. The van der Waals surface area contributed by atoms with Crippen LogP contribution in [0, 0.1) is 0 Å². The van der Waals surface area contributed by atoms with Crippen molar-refractivity contribution in [3.05, 3.63) is 63.1 Å². The average Bonchev–Trinajstić information content (AvgIpc) is 2.58. The maximum Gasteiger partial charge on any atom is 0.297 e. The highest BCUT2D eigenvalue weighted by Crippen LogP contribution is 2.19. The van der Waals surface area contributed by atoms with Gasteiger partial charge in [0.2, 0.25) is 0 Å². The number of allylic oxidation sites excluding steroid dienone is 1. The van der Waals surface area contributed by atoms with E-state index in [9.17, 15) is 4.79 Å². The van der Waals surface area contributed by atoms with E-state index in [2.05, 4.69) is 32.3 Å². The van der Waals surface area contributed by atoms with E-state index >= 15 is 0 Å². The molecule has 1 N–H and O–H groups in total. The topological polar surface area (TPSA) is 46.9 Å². The number of nitrogens with zero attached hydrogens (tertiary/aromatic N) is 2. The molecule has 0 atom stereocenters. The Morgan fingerprint density at radius 2 is 2.04 bits per heavy atom. The number of aromatic nitrogens is 2. The molecule has 5 heteroatoms. The first-order valence-electron chi connectivity index (χ1n) is 7.99. The summed E-state index contributed by atoms with van der Waals surface area (Å²) in [7, 11) is 0. The second-order valence-corrected chi connectivity index (χ2v) is 6.63. The van der Waals surface area contributed by atoms with E-state index in [1.54, 1.807) is 17.0 Å². The van der Waals surface area contributed by atoms with Gasteiger partial charge in [0, 0.05) is 29.1 Å². The SMILES string of the molecule is O=c1c(NCCC2=CCCCC2)nccn1-c1ccc(Br)cc1. The van der Waals surface area contributed by atoms with Gasteiger partial charge in [-0.25, -0.2) is 4.98 Å². The van der Waals surface area contributed by atoms with Gasteiger partial charge in [-0.3, -0.25) is 9.36 Å². The molecule has 0 radical (unpaired) electrons. The van der Waals surface area contributed by atoms with Crippen molar-refractivity contribution in [2.24, 2.45) is 0 Å². The van der Waals surface area contributed by atoms with Crippen LogP contribution in [0.15, 0.2) is 57.6 Å². The van der Waals surface area contributed by atoms with Gasteiger partial charge in [-0.15, -0.1) is 0 Å². The zero-order valence-electron chi connectivity index (χ0n) is 13.0. The molecule has 1 aromatic carbocycles. The van der Waals surface area contributed by atoms with E-state index in [1.165, 1.54) is 31.3 Å². The lowest BCUT2D eigenvalue weighted by atomic mass is 9.97. The number of rotatable bonds is 5. The van der Waals surface area contributed by atoms with Gasteiger partial charge in [0.25, 0.3) is 5.56 Å². The van der Waals surface area contributed by atoms with Crippen molar-refractivity contribution in [3.8, 4) is 5.69 Å². The van der Waals surface area contributed by atoms with E-state index < -0.39 is 0 Å². The first-order valence-corrected chi connectivity index (χ1v) is 8.79. The summed E-state index contributed by atoms with van der Waals surface area (Å²) in [5.41, 5.74) is 2.21. The highest BCUT2D eigenvalue weighted by atomic mass is 79.9. The van der Waals surface area contributed by atoms with Gasteiger partial charge in [-0.2, -0.15) is 0 Å².